The molecule has 58 heavy (non-hydrogen) atoms. The number of aliphatic hydroxyl groups excluding tert-OH is 1. The molecule has 2 unspecified atom stereocenters. The van der Waals surface area contributed by atoms with E-state index >= 15 is 0 Å². The van der Waals surface area contributed by atoms with Crippen molar-refractivity contribution in [2.75, 3.05) is 34.3 Å². The van der Waals surface area contributed by atoms with Gasteiger partial charge in [-0.2, -0.15) is 0 Å². The summed E-state index contributed by atoms with van der Waals surface area (Å²) in [6, 6.07) is 4.48. The molecule has 0 bridgehead atoms. The normalized spacial score (nSPS) is 37.0. The van der Waals surface area contributed by atoms with E-state index in [1.165, 1.54) is 6.92 Å². The molecule has 0 aliphatic carbocycles. The third-order valence-corrected chi connectivity index (χ3v) is 12.3. The molecule has 5 rings (SSSR count). The fourth-order valence-corrected chi connectivity index (χ4v) is 9.01. The van der Waals surface area contributed by atoms with Gasteiger partial charge in [-0.15, -0.1) is 5.10 Å². The van der Waals surface area contributed by atoms with E-state index in [2.05, 4.69) is 27.5 Å². The van der Waals surface area contributed by atoms with Crippen LogP contribution in [-0.2, 0) is 39.8 Å². The average molecular weight is 812 g/mol. The van der Waals surface area contributed by atoms with Gasteiger partial charge in [-0.05, 0) is 92.6 Å². The van der Waals surface area contributed by atoms with E-state index < -0.39 is 71.5 Å². The zero-order valence-electron chi connectivity index (χ0n) is 36.0. The van der Waals surface area contributed by atoms with Gasteiger partial charge in [0.15, 0.2) is 17.7 Å². The maximum atomic E-state index is 14.4. The Morgan fingerprint density at radius 2 is 1.79 bits per heavy atom. The van der Waals surface area contributed by atoms with Gasteiger partial charge in [0, 0.05) is 37.9 Å². The van der Waals surface area contributed by atoms with Crippen LogP contribution in [0.1, 0.15) is 74.7 Å². The molecule has 0 radical (unpaired) electrons. The number of amides is 1. The zero-order valence-corrected chi connectivity index (χ0v) is 36.0. The van der Waals surface area contributed by atoms with Crippen LogP contribution in [0.25, 0.3) is 11.4 Å². The number of Topliss-reactive ketones (excluding diaryl/α,β-unsaturated/α-hetero) is 1. The number of rotatable bonds is 10. The van der Waals surface area contributed by atoms with E-state index in [9.17, 15) is 19.5 Å². The van der Waals surface area contributed by atoms with Gasteiger partial charge < -0.3 is 39.0 Å². The van der Waals surface area contributed by atoms with Gasteiger partial charge in [0.2, 0.25) is 0 Å². The SMILES string of the molecule is CC[C@H]1OC(=O)[C@H](C)C(=O)[C@H](C)[C@@H](O[C@@H]2O[C@H](C)CC(N(C)C)C2O)[C@](C)(OC)C[C@@H](C)CN[C@H](C)[C@H]2N(C/C=C/Cn3cc(-c4ccccn4)nn3)C(=O)O[C@]12C. The van der Waals surface area contributed by atoms with Crippen molar-refractivity contribution < 1.29 is 43.2 Å². The summed E-state index contributed by atoms with van der Waals surface area (Å²) in [5.41, 5.74) is -0.934. The minimum absolute atomic E-state index is 0.0230. The molecule has 0 aromatic carbocycles. The number of carbonyl (C=O) groups is 3. The van der Waals surface area contributed by atoms with E-state index in [0.29, 0.717) is 38.0 Å². The molecule has 2 aromatic heterocycles. The molecule has 1 amide bonds. The van der Waals surface area contributed by atoms with Crippen molar-refractivity contribution in [1.82, 2.24) is 35.1 Å². The second kappa shape index (κ2) is 19.1. The number of cyclic esters (lactones) is 1. The lowest BCUT2D eigenvalue weighted by molar-refractivity contribution is -0.295. The third kappa shape index (κ3) is 9.79. The first kappa shape index (κ1) is 45.3. The van der Waals surface area contributed by atoms with Crippen LogP contribution >= 0.6 is 0 Å². The van der Waals surface area contributed by atoms with E-state index in [0.717, 1.165) is 5.69 Å². The highest BCUT2D eigenvalue weighted by atomic mass is 16.7. The Kier molecular flexibility index (Phi) is 14.9. The van der Waals surface area contributed by atoms with Crippen molar-refractivity contribution >= 4 is 17.8 Å². The lowest BCUT2D eigenvalue weighted by Crippen LogP contribution is -2.60. The van der Waals surface area contributed by atoms with E-state index in [4.69, 9.17) is 23.7 Å². The summed E-state index contributed by atoms with van der Waals surface area (Å²) in [7, 11) is 5.38. The summed E-state index contributed by atoms with van der Waals surface area (Å²) in [4.78, 5) is 50.0. The Bertz CT molecular complexity index is 1730. The number of nitrogens with zero attached hydrogens (tertiary/aromatic N) is 6. The van der Waals surface area contributed by atoms with Crippen LogP contribution in [0.3, 0.4) is 0 Å². The first-order chi connectivity index (χ1) is 27.4. The molecule has 0 spiro atoms. The number of pyridine rings is 1. The predicted molar refractivity (Wildman–Crippen MR) is 215 cm³/mol. The van der Waals surface area contributed by atoms with E-state index in [1.54, 1.807) is 36.7 Å². The van der Waals surface area contributed by atoms with Crippen LogP contribution in [0.15, 0.2) is 42.7 Å². The van der Waals surface area contributed by atoms with Crippen LogP contribution in [0.2, 0.25) is 0 Å². The quantitative estimate of drug-likeness (QED) is 0.201. The van der Waals surface area contributed by atoms with Gasteiger partial charge >= 0.3 is 12.1 Å². The monoisotopic (exact) mass is 811 g/mol. The van der Waals surface area contributed by atoms with Gasteiger partial charge in [-0.1, -0.05) is 44.2 Å². The van der Waals surface area contributed by atoms with Crippen molar-refractivity contribution in [2.24, 2.45) is 17.8 Å². The molecule has 16 nitrogen and oxygen atoms in total. The van der Waals surface area contributed by atoms with Crippen LogP contribution in [-0.4, -0.2) is 147 Å². The number of aliphatic hydroxyl groups is 1. The average Bonchev–Trinajstić information content (AvgIpc) is 3.77. The number of ether oxygens (including phenoxy) is 5. The summed E-state index contributed by atoms with van der Waals surface area (Å²) < 4.78 is 33.1. The number of methoxy groups -OCH3 is 1. The molecular formula is C42H65N7O9. The lowest BCUT2D eigenvalue weighted by Gasteiger charge is -2.46. The fourth-order valence-electron chi connectivity index (χ4n) is 9.01. The van der Waals surface area contributed by atoms with E-state index in [-0.39, 0.29) is 30.7 Å². The van der Waals surface area contributed by atoms with Gasteiger partial charge in [0.05, 0.1) is 42.3 Å². The second-order valence-corrected chi connectivity index (χ2v) is 17.1. The number of carbonyl (C=O) groups excluding carboxylic acids is 3. The fraction of sp³-hybridized carbons (Fsp3) is 0.714. The topological polar surface area (TPSA) is 180 Å². The zero-order chi connectivity index (χ0) is 42.5. The Balaban J connectivity index is 1.41. The third-order valence-electron chi connectivity index (χ3n) is 12.3. The first-order valence-corrected chi connectivity index (χ1v) is 20.6. The largest absolute Gasteiger partial charge is 0.458 e. The van der Waals surface area contributed by atoms with Gasteiger partial charge in [0.25, 0.3) is 0 Å². The minimum atomic E-state index is -1.26. The van der Waals surface area contributed by atoms with E-state index in [1.807, 2.05) is 83.2 Å². The molecule has 2 N–H and O–H groups in total. The molecule has 3 saturated heterocycles. The van der Waals surface area contributed by atoms with Crippen LogP contribution in [0.4, 0.5) is 4.79 Å². The Morgan fingerprint density at radius 1 is 1.07 bits per heavy atom. The lowest BCUT2D eigenvalue weighted by atomic mass is 9.78. The second-order valence-electron chi connectivity index (χ2n) is 17.1. The Morgan fingerprint density at radius 3 is 2.45 bits per heavy atom. The van der Waals surface area contributed by atoms with Crippen molar-refractivity contribution in [3.05, 3.63) is 42.7 Å². The predicted octanol–water partition coefficient (Wildman–Crippen LogP) is 3.87. The summed E-state index contributed by atoms with van der Waals surface area (Å²) in [5, 5.41) is 23.5. The number of esters is 1. The molecule has 322 valence electrons. The number of hydrogen-bond donors (Lipinski definition) is 2. The van der Waals surface area contributed by atoms with Gasteiger partial charge in [-0.3, -0.25) is 19.5 Å². The number of ketones is 1. The van der Waals surface area contributed by atoms with Crippen molar-refractivity contribution in [3.63, 3.8) is 0 Å². The molecule has 3 fully saturated rings. The molecule has 0 saturated carbocycles. The summed E-state index contributed by atoms with van der Waals surface area (Å²) in [6.07, 6.45) is 4.14. The van der Waals surface area contributed by atoms with Crippen molar-refractivity contribution in [3.8, 4) is 11.4 Å². The number of aromatic nitrogens is 4. The molecule has 3 aliphatic rings. The number of hydrogen-bond acceptors (Lipinski definition) is 14. The van der Waals surface area contributed by atoms with Crippen molar-refractivity contribution in [2.45, 2.75) is 141 Å². The van der Waals surface area contributed by atoms with Gasteiger partial charge in [-0.25, -0.2) is 9.48 Å². The molecule has 13 atom stereocenters. The van der Waals surface area contributed by atoms with Gasteiger partial charge in [0.1, 0.15) is 23.8 Å². The van der Waals surface area contributed by atoms with Crippen molar-refractivity contribution in [1.29, 1.82) is 0 Å². The number of allylic oxidation sites excluding steroid dienone is 1. The maximum Gasteiger partial charge on any atom is 0.411 e. The summed E-state index contributed by atoms with van der Waals surface area (Å²) in [5.74, 6) is -3.20. The maximum absolute atomic E-state index is 14.4. The first-order valence-electron chi connectivity index (χ1n) is 20.6. The van der Waals surface area contributed by atoms with Crippen LogP contribution in [0.5, 0.6) is 0 Å². The number of likely N-dealkylation sites (N-methyl/N-ethyl adjacent to an activating group) is 1. The number of nitrogens with one attached hydrogen (secondary N) is 1. The molecule has 2 aromatic rings. The van der Waals surface area contributed by atoms with Crippen LogP contribution in [0, 0.1) is 17.8 Å². The highest BCUT2D eigenvalue weighted by Gasteiger charge is 2.58. The molecular weight excluding hydrogens is 747 g/mol. The van der Waals surface area contributed by atoms with Crippen LogP contribution < -0.4 is 5.32 Å². The molecule has 3 aliphatic heterocycles. The highest BCUT2D eigenvalue weighted by molar-refractivity contribution is 6.00. The Hall–Kier alpha value is -3.80. The minimum Gasteiger partial charge on any atom is -0.458 e. The smallest absolute Gasteiger partial charge is 0.411 e. The summed E-state index contributed by atoms with van der Waals surface area (Å²) in [6.45, 7) is 16.0. The molecule has 5 heterocycles. The summed E-state index contributed by atoms with van der Waals surface area (Å²) >= 11 is 0. The number of fused-ring (bicyclic) bond motifs is 1. The molecule has 16 heteroatoms. The Labute approximate surface area is 342 Å². The highest BCUT2D eigenvalue weighted by Crippen LogP contribution is 2.40. The standard InChI is InChI=1S/C42H65N7O9/c1-12-33-42(8)36(49(40(53)58-42)20-16-15-19-48-24-31(45-46-48)30-17-13-14-18-43-30)29(6)44-23-25(2)22-41(7,54-11)37(27(4)34(50)28(5)38(52)56-33)57-39-35(51)32(47(9)10)21-26(3)55-39/h13-18,24-29,32-33,35-37,39,44,51H,12,19-23H2,1-11H3/b16-15+/t25-,26-,27+,28-,29-,32?,33-,35?,36-,37-,39+,41-,42-/m1/s1.